The number of urea groups is 1. The maximum absolute atomic E-state index is 13.6. The zero-order valence-corrected chi connectivity index (χ0v) is 21.0. The van der Waals surface area contributed by atoms with Crippen LogP contribution in [0.2, 0.25) is 5.02 Å². The Morgan fingerprint density at radius 2 is 2.14 bits per heavy atom. The third-order valence-electron chi connectivity index (χ3n) is 8.24. The van der Waals surface area contributed by atoms with Crippen LogP contribution < -0.4 is 5.32 Å². The summed E-state index contributed by atoms with van der Waals surface area (Å²) in [5, 5.41) is 12.2. The monoisotopic (exact) mass is 512 g/mol. The molecule has 3 fully saturated rings. The highest BCUT2D eigenvalue weighted by Gasteiger charge is 2.58. The summed E-state index contributed by atoms with van der Waals surface area (Å²) >= 11 is 5.92. The highest BCUT2D eigenvalue weighted by Crippen LogP contribution is 2.62. The fourth-order valence-electron chi connectivity index (χ4n) is 6.22. The Balaban J connectivity index is 1.27. The number of anilines is 1. The van der Waals surface area contributed by atoms with E-state index in [1.807, 2.05) is 23.1 Å². The standard InChI is InChI=1S/C28H31ClF2N4O/c29-25-15-23(5-6-26(25)31)33-27(36)35(11-2-10-34-12-8-22(30)18-34)24-7-9-28(16-21(28)14-24)20-4-1-3-19(13-20)17-32/h1,3-6,13,15,21-22,24H,2,7-12,14,16,18H2,(H,33,36)/t21?,22-,24+,28+/m1/s1. The van der Waals surface area contributed by atoms with E-state index in [1.54, 1.807) is 0 Å². The molecule has 36 heavy (non-hydrogen) atoms. The Hall–Kier alpha value is -2.69. The van der Waals surface area contributed by atoms with E-state index >= 15 is 0 Å². The Morgan fingerprint density at radius 1 is 1.28 bits per heavy atom. The third kappa shape index (κ3) is 5.21. The van der Waals surface area contributed by atoms with Crippen LogP contribution in [0.3, 0.4) is 0 Å². The Labute approximate surface area is 216 Å². The maximum atomic E-state index is 13.6. The van der Waals surface area contributed by atoms with Crippen molar-refractivity contribution in [2.75, 3.05) is 31.5 Å². The lowest BCUT2D eigenvalue weighted by atomic mass is 9.80. The number of halogens is 3. The van der Waals surface area contributed by atoms with Crippen LogP contribution in [0, 0.1) is 23.1 Å². The number of hydrogen-bond acceptors (Lipinski definition) is 3. The van der Waals surface area contributed by atoms with Gasteiger partial charge in [-0.25, -0.2) is 13.6 Å². The molecule has 2 aromatic carbocycles. The molecule has 5 nitrogen and oxygen atoms in total. The predicted molar refractivity (Wildman–Crippen MR) is 136 cm³/mol. The van der Waals surface area contributed by atoms with Gasteiger partial charge in [0.1, 0.15) is 12.0 Å². The highest BCUT2D eigenvalue weighted by molar-refractivity contribution is 6.31. The molecule has 2 saturated carbocycles. The van der Waals surface area contributed by atoms with E-state index in [-0.39, 0.29) is 22.5 Å². The van der Waals surface area contributed by atoms with Gasteiger partial charge in [-0.3, -0.25) is 0 Å². The molecule has 190 valence electrons. The van der Waals surface area contributed by atoms with Crippen molar-refractivity contribution in [3.05, 3.63) is 64.4 Å². The summed E-state index contributed by atoms with van der Waals surface area (Å²) in [6.07, 6.45) is 4.42. The molecular weight excluding hydrogens is 482 g/mol. The van der Waals surface area contributed by atoms with Crippen molar-refractivity contribution in [3.63, 3.8) is 0 Å². The molecule has 8 heteroatoms. The highest BCUT2D eigenvalue weighted by atomic mass is 35.5. The summed E-state index contributed by atoms with van der Waals surface area (Å²) in [7, 11) is 0. The SMILES string of the molecule is N#Cc1cccc([C@@]23CC[C@H](N(CCCN4CC[C@@H](F)C4)C(=O)Nc4ccc(F)c(Cl)c4)CC2C3)c1. The van der Waals surface area contributed by atoms with Gasteiger partial charge >= 0.3 is 6.03 Å². The molecule has 3 aliphatic rings. The van der Waals surface area contributed by atoms with E-state index < -0.39 is 12.0 Å². The van der Waals surface area contributed by atoms with Gasteiger partial charge in [-0.1, -0.05) is 23.7 Å². The Bertz CT molecular complexity index is 1170. The number of nitriles is 1. The second-order valence-corrected chi connectivity index (χ2v) is 10.9. The molecule has 0 aromatic heterocycles. The van der Waals surface area contributed by atoms with E-state index in [0.717, 1.165) is 45.2 Å². The maximum Gasteiger partial charge on any atom is 0.322 e. The molecule has 2 aromatic rings. The predicted octanol–water partition coefficient (Wildman–Crippen LogP) is 6.13. The summed E-state index contributed by atoms with van der Waals surface area (Å²) < 4.78 is 27.2. The number of nitrogens with one attached hydrogen (secondary N) is 1. The van der Waals surface area contributed by atoms with Gasteiger partial charge < -0.3 is 15.1 Å². The number of rotatable bonds is 7. The van der Waals surface area contributed by atoms with Gasteiger partial charge in [-0.15, -0.1) is 0 Å². The minimum atomic E-state index is -0.756. The minimum Gasteiger partial charge on any atom is -0.321 e. The smallest absolute Gasteiger partial charge is 0.321 e. The number of hydrogen-bond donors (Lipinski definition) is 1. The van der Waals surface area contributed by atoms with Crippen molar-refractivity contribution in [3.8, 4) is 6.07 Å². The van der Waals surface area contributed by atoms with Crippen molar-refractivity contribution in [1.29, 1.82) is 5.26 Å². The zero-order valence-electron chi connectivity index (χ0n) is 20.2. The summed E-state index contributed by atoms with van der Waals surface area (Å²) in [5.41, 5.74) is 2.49. The van der Waals surface area contributed by atoms with E-state index in [0.29, 0.717) is 36.7 Å². The van der Waals surface area contributed by atoms with Crippen molar-refractivity contribution < 1.29 is 13.6 Å². The quantitative estimate of drug-likeness (QED) is 0.485. The number of amides is 2. The number of benzene rings is 2. The van der Waals surface area contributed by atoms with Crippen molar-refractivity contribution in [1.82, 2.24) is 9.80 Å². The molecule has 0 radical (unpaired) electrons. The van der Waals surface area contributed by atoms with Crippen LogP contribution in [-0.2, 0) is 5.41 Å². The molecule has 5 rings (SSSR count). The fourth-order valence-corrected chi connectivity index (χ4v) is 6.40. The van der Waals surface area contributed by atoms with E-state index in [1.165, 1.54) is 23.8 Å². The van der Waals surface area contributed by atoms with Gasteiger partial charge in [0, 0.05) is 31.4 Å². The molecule has 1 saturated heterocycles. The number of fused-ring (bicyclic) bond motifs is 1. The number of carbonyl (C=O) groups is 1. The number of carbonyl (C=O) groups excluding carboxylic acids is 1. The van der Waals surface area contributed by atoms with Gasteiger partial charge in [0.05, 0.1) is 16.7 Å². The average molecular weight is 513 g/mol. The van der Waals surface area contributed by atoms with E-state index in [2.05, 4.69) is 22.4 Å². The van der Waals surface area contributed by atoms with Gasteiger partial charge in [0.25, 0.3) is 0 Å². The van der Waals surface area contributed by atoms with Crippen LogP contribution in [0.4, 0.5) is 19.3 Å². The topological polar surface area (TPSA) is 59.4 Å². The normalized spacial score (nSPS) is 27.2. The van der Waals surface area contributed by atoms with Gasteiger partial charge in [-0.05, 0) is 92.3 Å². The van der Waals surface area contributed by atoms with Gasteiger partial charge in [0.15, 0.2) is 0 Å². The fraction of sp³-hybridized carbons (Fsp3) is 0.500. The van der Waals surface area contributed by atoms with Crippen molar-refractivity contribution in [2.24, 2.45) is 5.92 Å². The number of alkyl halides is 1. The lowest BCUT2D eigenvalue weighted by molar-refractivity contribution is 0.155. The van der Waals surface area contributed by atoms with Crippen LogP contribution >= 0.6 is 11.6 Å². The van der Waals surface area contributed by atoms with Crippen LogP contribution in [0.5, 0.6) is 0 Å². The molecule has 1 aliphatic heterocycles. The molecule has 1 N–H and O–H groups in total. The van der Waals surface area contributed by atoms with Crippen LogP contribution in [0.1, 0.15) is 49.7 Å². The van der Waals surface area contributed by atoms with Gasteiger partial charge in [-0.2, -0.15) is 5.26 Å². The van der Waals surface area contributed by atoms with E-state index in [4.69, 9.17) is 11.6 Å². The van der Waals surface area contributed by atoms with Crippen molar-refractivity contribution in [2.45, 2.75) is 56.2 Å². The summed E-state index contributed by atoms with van der Waals surface area (Å²) in [6.45, 7) is 2.56. The first-order chi connectivity index (χ1) is 17.4. The minimum absolute atomic E-state index is 0.0332. The molecule has 0 spiro atoms. The summed E-state index contributed by atoms with van der Waals surface area (Å²) in [5.74, 6) is -0.0484. The van der Waals surface area contributed by atoms with Gasteiger partial charge in [0.2, 0.25) is 0 Å². The summed E-state index contributed by atoms with van der Waals surface area (Å²) in [6, 6.07) is 14.2. The molecule has 4 atom stereocenters. The molecule has 2 amide bonds. The first-order valence-electron chi connectivity index (χ1n) is 12.8. The average Bonchev–Trinajstić information content (AvgIpc) is 3.48. The van der Waals surface area contributed by atoms with Crippen LogP contribution in [0.15, 0.2) is 42.5 Å². The third-order valence-corrected chi connectivity index (χ3v) is 8.53. The first kappa shape index (κ1) is 25.0. The lowest BCUT2D eigenvalue weighted by Crippen LogP contribution is -2.46. The lowest BCUT2D eigenvalue weighted by Gasteiger charge is -2.37. The largest absolute Gasteiger partial charge is 0.322 e. The van der Waals surface area contributed by atoms with E-state index in [9.17, 15) is 18.8 Å². The first-order valence-corrected chi connectivity index (χ1v) is 13.2. The second kappa shape index (κ2) is 10.4. The number of likely N-dealkylation sites (tertiary alicyclic amines) is 1. The zero-order chi connectivity index (χ0) is 25.3. The van der Waals surface area contributed by atoms with Crippen LogP contribution in [-0.4, -0.2) is 54.2 Å². The van der Waals surface area contributed by atoms with Crippen LogP contribution in [0.25, 0.3) is 0 Å². The Kier molecular flexibility index (Phi) is 7.18. The Morgan fingerprint density at radius 3 is 2.86 bits per heavy atom. The molecule has 1 heterocycles. The van der Waals surface area contributed by atoms with Crippen molar-refractivity contribution >= 4 is 23.3 Å². The molecule has 2 aliphatic carbocycles. The molecule has 1 unspecified atom stereocenters. The second-order valence-electron chi connectivity index (χ2n) is 10.5. The summed E-state index contributed by atoms with van der Waals surface area (Å²) in [4.78, 5) is 17.4. The molecular formula is C28H31ClF2N4O. The number of nitrogens with zero attached hydrogens (tertiary/aromatic N) is 3. The molecule has 0 bridgehead atoms.